The average molecular weight is 1580 g/mol. The summed E-state index contributed by atoms with van der Waals surface area (Å²) in [5.74, 6) is 8.66. The topological polar surface area (TPSA) is 279 Å². The molecule has 0 aliphatic rings. The van der Waals surface area contributed by atoms with Crippen molar-refractivity contribution in [3.63, 3.8) is 0 Å². The Morgan fingerprint density at radius 2 is 0.622 bits per heavy atom. The molecule has 0 radical (unpaired) electrons. The second-order valence-electron chi connectivity index (χ2n) is 27.0. The fourth-order valence-corrected chi connectivity index (χ4v) is 11.9. The molecule has 0 fully saturated rings. The van der Waals surface area contributed by atoms with Crippen LogP contribution in [0.2, 0.25) is 0 Å². The van der Waals surface area contributed by atoms with E-state index in [0.717, 1.165) is 51.6 Å². The lowest BCUT2D eigenvalue weighted by atomic mass is 10.1. The van der Waals surface area contributed by atoms with Crippen molar-refractivity contribution in [3.8, 4) is 103 Å². The van der Waals surface area contributed by atoms with Gasteiger partial charge in [-0.15, -0.1) is 0 Å². The highest BCUT2D eigenvalue weighted by atomic mass is 16.5. The summed E-state index contributed by atoms with van der Waals surface area (Å²) in [6, 6.07) is 90.2. The minimum Gasteiger partial charge on any atom is -0.497 e. The number of ketones is 4. The number of aromatic nitrogens is 8. The summed E-state index contributed by atoms with van der Waals surface area (Å²) < 4.78 is 54.8. The third-order valence-corrected chi connectivity index (χ3v) is 18.5. The second kappa shape index (κ2) is 41.6. The van der Waals surface area contributed by atoms with Crippen LogP contribution in [0.5, 0.6) is 58.0 Å². The van der Waals surface area contributed by atoms with Crippen molar-refractivity contribution in [2.24, 2.45) is 0 Å². The summed E-state index contributed by atoms with van der Waals surface area (Å²) in [7, 11) is 3.23. The number of ether oxygens (including phenoxy) is 6. The molecule has 16 rings (SSSR count). The number of methoxy groups -OCH3 is 2. The van der Waals surface area contributed by atoms with Gasteiger partial charge in [-0.2, -0.15) is 0 Å². The highest BCUT2D eigenvalue weighted by Crippen LogP contribution is 2.32. The number of rotatable bonds is 31. The smallest absolute Gasteiger partial charge is 0.219 e. The van der Waals surface area contributed by atoms with E-state index in [9.17, 15) is 19.2 Å². The van der Waals surface area contributed by atoms with Crippen molar-refractivity contribution in [1.82, 2.24) is 40.6 Å². The SMILES string of the molecule is CCc1ccc(-c2cc(CCC(=O)c3ccc(Oc4ccccc4)nc3)on2)cc1.COc1cccc(-c2cc(CCC(=O)c3ccc(Oc4ccccc4)nc3)on2)c1.COc1ccccc1-c1cc(CCC(=O)c2ccc(Oc3ccccc3)nc2)on1.Cc1ccc(-c2cc(CCC(=O)c3ccc(Oc4ccccc4)nc3)on2)cc1. The molecule has 8 heterocycles. The number of carbonyl (C=O) groups excluding carboxylic acids is 4. The van der Waals surface area contributed by atoms with Crippen molar-refractivity contribution in [1.29, 1.82) is 0 Å². The van der Waals surface area contributed by atoms with Crippen molar-refractivity contribution < 1.29 is 65.7 Å². The van der Waals surface area contributed by atoms with E-state index in [4.69, 9.17) is 46.5 Å². The van der Waals surface area contributed by atoms with E-state index >= 15 is 0 Å². The van der Waals surface area contributed by atoms with E-state index in [1.165, 1.54) is 23.5 Å². The van der Waals surface area contributed by atoms with Gasteiger partial charge in [-0.3, -0.25) is 19.2 Å². The number of carbonyl (C=O) groups is 4. The number of hydrogen-bond acceptors (Lipinski definition) is 22. The maximum atomic E-state index is 12.5. The molecule has 0 spiro atoms. The van der Waals surface area contributed by atoms with E-state index < -0.39 is 0 Å². The highest BCUT2D eigenvalue weighted by molar-refractivity contribution is 5.97. The molecule has 8 aromatic heterocycles. The predicted molar refractivity (Wildman–Crippen MR) is 449 cm³/mol. The van der Waals surface area contributed by atoms with Crippen molar-refractivity contribution >= 4 is 23.1 Å². The third kappa shape index (κ3) is 24.1. The molecule has 0 bridgehead atoms. The fourth-order valence-electron chi connectivity index (χ4n) is 11.9. The Hall–Kier alpha value is -15.3. The van der Waals surface area contributed by atoms with Crippen LogP contribution in [0.25, 0.3) is 45.0 Å². The minimum absolute atomic E-state index is 0.000917. The van der Waals surface area contributed by atoms with Crippen LogP contribution in [0.15, 0.2) is 334 Å². The first-order valence-corrected chi connectivity index (χ1v) is 38.5. The Balaban J connectivity index is 0.000000137. The van der Waals surface area contributed by atoms with Crippen LogP contribution in [0, 0.1) is 6.92 Å². The maximum Gasteiger partial charge on any atom is 0.219 e. The summed E-state index contributed by atoms with van der Waals surface area (Å²) in [5.41, 5.74) is 11.3. The molecule has 16 aromatic rings. The lowest BCUT2D eigenvalue weighted by molar-refractivity contribution is 0.0972. The van der Waals surface area contributed by atoms with Gasteiger partial charge in [0, 0.05) is 169 Å². The maximum absolute atomic E-state index is 12.5. The molecule has 0 amide bonds. The van der Waals surface area contributed by atoms with E-state index in [-0.39, 0.29) is 23.1 Å². The normalized spacial score (nSPS) is 10.6. The number of hydrogen-bond donors (Lipinski definition) is 0. The van der Waals surface area contributed by atoms with E-state index in [1.807, 2.05) is 237 Å². The molecular formula is C97H82N8O14. The molecule has 119 heavy (non-hydrogen) atoms. The van der Waals surface area contributed by atoms with Crippen LogP contribution in [0.4, 0.5) is 0 Å². The zero-order valence-corrected chi connectivity index (χ0v) is 65.7. The first kappa shape index (κ1) is 81.7. The van der Waals surface area contributed by atoms with Crippen LogP contribution < -0.4 is 28.4 Å². The quantitative estimate of drug-likeness (QED) is 0.0365. The molecular weight excluding hydrogens is 1500 g/mol. The Morgan fingerprint density at radius 3 is 0.958 bits per heavy atom. The summed E-state index contributed by atoms with van der Waals surface area (Å²) >= 11 is 0. The molecule has 0 aliphatic carbocycles. The van der Waals surface area contributed by atoms with Crippen LogP contribution in [0.1, 0.15) is 108 Å². The van der Waals surface area contributed by atoms with Gasteiger partial charge in [0.1, 0.15) is 80.3 Å². The van der Waals surface area contributed by atoms with Crippen LogP contribution in [0.3, 0.4) is 0 Å². The van der Waals surface area contributed by atoms with Gasteiger partial charge in [-0.25, -0.2) is 19.9 Å². The number of pyridine rings is 4. The first-order valence-electron chi connectivity index (χ1n) is 38.5. The minimum atomic E-state index is -0.0241. The summed E-state index contributed by atoms with van der Waals surface area (Å²) in [6.45, 7) is 4.17. The monoisotopic (exact) mass is 1580 g/mol. The Kier molecular flexibility index (Phi) is 28.6. The second-order valence-corrected chi connectivity index (χ2v) is 27.0. The zero-order chi connectivity index (χ0) is 82.3. The van der Waals surface area contributed by atoms with Gasteiger partial charge < -0.3 is 46.5 Å². The van der Waals surface area contributed by atoms with E-state index in [0.29, 0.717) is 155 Å². The van der Waals surface area contributed by atoms with Gasteiger partial charge in [-0.1, -0.05) is 179 Å². The molecule has 0 saturated heterocycles. The zero-order valence-electron chi connectivity index (χ0n) is 65.7. The van der Waals surface area contributed by atoms with Gasteiger partial charge >= 0.3 is 0 Å². The van der Waals surface area contributed by atoms with Crippen molar-refractivity contribution in [2.75, 3.05) is 14.2 Å². The third-order valence-electron chi connectivity index (χ3n) is 18.5. The average Bonchev–Trinajstić information content (AvgIpc) is 1.32. The lowest BCUT2D eigenvalue weighted by Crippen LogP contribution is -2.01. The molecule has 22 nitrogen and oxygen atoms in total. The van der Waals surface area contributed by atoms with Gasteiger partial charge in [-0.05, 0) is 116 Å². The molecule has 0 aliphatic heterocycles. The van der Waals surface area contributed by atoms with Crippen LogP contribution in [-0.2, 0) is 32.1 Å². The van der Waals surface area contributed by atoms with Crippen molar-refractivity contribution in [2.45, 2.75) is 71.6 Å². The first-order chi connectivity index (χ1) is 58.3. The molecule has 0 unspecified atom stereocenters. The molecule has 0 saturated carbocycles. The van der Waals surface area contributed by atoms with Crippen LogP contribution in [-0.4, -0.2) is 77.9 Å². The standard InChI is InChI=1S/C25H22N2O3.2C24H20N2O4.C24H20N2O3/c1-2-18-8-10-19(11-9-18)23-16-22(30-27-23)13-14-24(28)20-12-15-25(26-17-20)29-21-6-4-3-5-7-21;1-28-20-9-5-6-17(14-20)22-15-21(30-26-22)11-12-23(27)18-10-13-24(25-16-18)29-19-7-3-2-4-8-19;1-28-23-10-6-5-9-20(23)21-15-19(30-26-21)12-13-22(27)17-11-14-24(25-16-17)29-18-7-3-2-4-8-18;1-17-7-9-18(10-8-17)22-15-21(29-26-22)12-13-23(27)19-11-14-24(25-16-19)28-20-5-3-2-4-6-20/h3-12,15-17H,2,13-14H2,1H3;2-10,13-16H,11-12H2,1H3;2-11,14-16H,12-13H2,1H3;2-11,14-16H,12-13H2,1H3. The molecule has 8 aromatic carbocycles. The van der Waals surface area contributed by atoms with Gasteiger partial charge in [0.05, 0.1) is 14.2 Å². The summed E-state index contributed by atoms with van der Waals surface area (Å²) in [4.78, 5) is 66.8. The number of nitrogens with zero attached hydrogens (tertiary/aromatic N) is 8. The largest absolute Gasteiger partial charge is 0.497 e. The van der Waals surface area contributed by atoms with Gasteiger partial charge in [0.25, 0.3) is 0 Å². The number of para-hydroxylation sites is 5. The Morgan fingerprint density at radius 1 is 0.303 bits per heavy atom. The fraction of sp³-hybridized carbons (Fsp3) is 0.134. The Labute approximate surface area is 687 Å². The lowest BCUT2D eigenvalue weighted by Gasteiger charge is -2.05. The molecule has 0 N–H and O–H groups in total. The van der Waals surface area contributed by atoms with Gasteiger partial charge in [0.15, 0.2) is 23.1 Å². The molecule has 22 heteroatoms. The predicted octanol–water partition coefficient (Wildman–Crippen LogP) is 22.3. The number of benzene rings is 8. The molecule has 594 valence electrons. The summed E-state index contributed by atoms with van der Waals surface area (Å²) in [6.07, 6.45) is 10.3. The Bertz CT molecular complexity index is 5890. The number of aryl methyl sites for hydroxylation is 6. The van der Waals surface area contributed by atoms with Gasteiger partial charge in [0.2, 0.25) is 23.5 Å². The van der Waals surface area contributed by atoms with Crippen molar-refractivity contribution in [3.05, 3.63) is 372 Å². The summed E-state index contributed by atoms with van der Waals surface area (Å²) in [5, 5.41) is 16.4. The van der Waals surface area contributed by atoms with E-state index in [1.54, 1.807) is 75.1 Å². The van der Waals surface area contributed by atoms with Crippen LogP contribution >= 0.6 is 0 Å². The van der Waals surface area contributed by atoms with E-state index in [2.05, 4.69) is 59.6 Å². The molecule has 0 atom stereocenters. The highest BCUT2D eigenvalue weighted by Gasteiger charge is 2.19. The number of Topliss-reactive ketones (excluding diaryl/α,β-unsaturated/α-hetero) is 4.